The van der Waals surface area contributed by atoms with E-state index in [4.69, 9.17) is 4.74 Å². The Balaban J connectivity index is 1.69. The molecule has 1 aromatic heterocycles. The molecule has 3 rings (SSSR count). The van der Waals surface area contributed by atoms with Gasteiger partial charge in [-0.25, -0.2) is 9.78 Å². The number of hydrogen-bond acceptors (Lipinski definition) is 7. The first kappa shape index (κ1) is 18.2. The minimum atomic E-state index is -0.365. The molecule has 0 aliphatic rings. The van der Waals surface area contributed by atoms with Crippen LogP contribution in [0.2, 0.25) is 0 Å². The number of anilines is 5. The molecule has 27 heavy (non-hydrogen) atoms. The van der Waals surface area contributed by atoms with Crippen LogP contribution in [0.1, 0.15) is 10.4 Å². The minimum Gasteiger partial charge on any atom is -0.465 e. The minimum absolute atomic E-state index is 0.365. The molecule has 2 aromatic carbocycles. The summed E-state index contributed by atoms with van der Waals surface area (Å²) in [5.74, 6) is 0.766. The van der Waals surface area contributed by atoms with Crippen LogP contribution in [0.3, 0.4) is 0 Å². The van der Waals surface area contributed by atoms with E-state index in [9.17, 15) is 4.79 Å². The third-order valence-electron chi connectivity index (χ3n) is 3.87. The van der Waals surface area contributed by atoms with Gasteiger partial charge in [0, 0.05) is 37.4 Å². The average molecular weight is 363 g/mol. The standard InChI is InChI=1S/C20H21N5O2/c1-25(2)17-10-8-16(9-11-17)23-20-21-13-12-18(24-20)22-15-6-4-14(5-7-15)19(26)27-3/h4-13H,1-3H3,(H2,21,22,23,24). The molecule has 0 saturated heterocycles. The Bertz CT molecular complexity index is 908. The van der Waals surface area contributed by atoms with Crippen LogP contribution in [0.5, 0.6) is 0 Å². The third-order valence-corrected chi connectivity index (χ3v) is 3.87. The monoisotopic (exact) mass is 363 g/mol. The smallest absolute Gasteiger partial charge is 0.337 e. The lowest BCUT2D eigenvalue weighted by Crippen LogP contribution is -2.08. The Hall–Kier alpha value is -3.61. The molecule has 138 valence electrons. The first-order chi connectivity index (χ1) is 13.0. The average Bonchev–Trinajstić information content (AvgIpc) is 2.68. The van der Waals surface area contributed by atoms with Crippen molar-refractivity contribution in [1.82, 2.24) is 9.97 Å². The van der Waals surface area contributed by atoms with Crippen molar-refractivity contribution in [3.8, 4) is 0 Å². The van der Waals surface area contributed by atoms with Gasteiger partial charge in [0.2, 0.25) is 5.95 Å². The number of hydrogen-bond donors (Lipinski definition) is 2. The molecule has 0 aliphatic carbocycles. The van der Waals surface area contributed by atoms with Crippen LogP contribution in [0.15, 0.2) is 60.8 Å². The Labute approximate surface area is 158 Å². The lowest BCUT2D eigenvalue weighted by Gasteiger charge is -2.13. The molecule has 0 unspecified atom stereocenters. The Morgan fingerprint density at radius 3 is 2.19 bits per heavy atom. The second kappa shape index (κ2) is 8.18. The number of aromatic nitrogens is 2. The highest BCUT2D eigenvalue weighted by atomic mass is 16.5. The largest absolute Gasteiger partial charge is 0.465 e. The summed E-state index contributed by atoms with van der Waals surface area (Å²) in [5, 5.41) is 6.37. The highest BCUT2D eigenvalue weighted by Crippen LogP contribution is 2.20. The summed E-state index contributed by atoms with van der Waals surface area (Å²) >= 11 is 0. The quantitative estimate of drug-likeness (QED) is 0.645. The maximum absolute atomic E-state index is 11.5. The summed E-state index contributed by atoms with van der Waals surface area (Å²) in [4.78, 5) is 22.2. The predicted molar refractivity (Wildman–Crippen MR) is 107 cm³/mol. The van der Waals surface area contributed by atoms with E-state index in [1.807, 2.05) is 43.3 Å². The van der Waals surface area contributed by atoms with Gasteiger partial charge >= 0.3 is 5.97 Å². The van der Waals surface area contributed by atoms with Gasteiger partial charge < -0.3 is 20.3 Å². The van der Waals surface area contributed by atoms with Crippen molar-refractivity contribution in [1.29, 1.82) is 0 Å². The van der Waals surface area contributed by atoms with Gasteiger partial charge in [-0.1, -0.05) is 0 Å². The molecule has 0 atom stereocenters. The number of carbonyl (C=O) groups is 1. The number of nitrogens with one attached hydrogen (secondary N) is 2. The molecule has 0 saturated carbocycles. The number of esters is 1. The lowest BCUT2D eigenvalue weighted by molar-refractivity contribution is 0.0601. The molecule has 7 nitrogen and oxygen atoms in total. The SMILES string of the molecule is COC(=O)c1ccc(Nc2ccnc(Nc3ccc(N(C)C)cc3)n2)cc1. The highest BCUT2D eigenvalue weighted by Gasteiger charge is 2.05. The van der Waals surface area contributed by atoms with Crippen molar-refractivity contribution in [3.63, 3.8) is 0 Å². The molecule has 1 heterocycles. The second-order valence-corrected chi connectivity index (χ2v) is 6.03. The first-order valence-electron chi connectivity index (χ1n) is 8.38. The van der Waals surface area contributed by atoms with Crippen LogP contribution in [0, 0.1) is 0 Å². The van der Waals surface area contributed by atoms with Crippen LogP contribution in [-0.4, -0.2) is 37.1 Å². The van der Waals surface area contributed by atoms with E-state index in [0.29, 0.717) is 17.3 Å². The van der Waals surface area contributed by atoms with Crippen LogP contribution in [0.4, 0.5) is 28.8 Å². The zero-order chi connectivity index (χ0) is 19.2. The van der Waals surface area contributed by atoms with Gasteiger partial charge in [-0.3, -0.25) is 0 Å². The zero-order valence-corrected chi connectivity index (χ0v) is 15.4. The van der Waals surface area contributed by atoms with Crippen molar-refractivity contribution < 1.29 is 9.53 Å². The van der Waals surface area contributed by atoms with E-state index in [0.717, 1.165) is 17.1 Å². The summed E-state index contributed by atoms with van der Waals surface area (Å²) in [6.45, 7) is 0. The zero-order valence-electron chi connectivity index (χ0n) is 15.4. The summed E-state index contributed by atoms with van der Waals surface area (Å²) in [5.41, 5.74) is 3.32. The Morgan fingerprint density at radius 1 is 0.926 bits per heavy atom. The fourth-order valence-electron chi connectivity index (χ4n) is 2.42. The Kier molecular flexibility index (Phi) is 5.51. The molecule has 0 amide bonds. The van der Waals surface area contributed by atoms with Crippen LogP contribution >= 0.6 is 0 Å². The highest BCUT2D eigenvalue weighted by molar-refractivity contribution is 5.89. The van der Waals surface area contributed by atoms with E-state index in [-0.39, 0.29) is 5.97 Å². The summed E-state index contributed by atoms with van der Waals surface area (Å²) in [7, 11) is 5.36. The maximum atomic E-state index is 11.5. The van der Waals surface area contributed by atoms with E-state index >= 15 is 0 Å². The summed E-state index contributed by atoms with van der Waals surface area (Å²) in [6.07, 6.45) is 1.68. The topological polar surface area (TPSA) is 79.4 Å². The molecule has 0 radical (unpaired) electrons. The number of ether oxygens (including phenoxy) is 1. The van der Waals surface area contributed by atoms with Crippen molar-refractivity contribution in [2.45, 2.75) is 0 Å². The van der Waals surface area contributed by atoms with Crippen molar-refractivity contribution >= 4 is 34.8 Å². The van der Waals surface area contributed by atoms with Gasteiger partial charge in [-0.15, -0.1) is 0 Å². The van der Waals surface area contributed by atoms with Crippen molar-refractivity contribution in [2.75, 3.05) is 36.7 Å². The fourth-order valence-corrected chi connectivity index (χ4v) is 2.42. The van der Waals surface area contributed by atoms with E-state index < -0.39 is 0 Å². The third kappa shape index (κ3) is 4.72. The molecular weight excluding hydrogens is 342 g/mol. The molecule has 3 aromatic rings. The molecule has 0 bridgehead atoms. The fraction of sp³-hybridized carbons (Fsp3) is 0.150. The molecular formula is C20H21N5O2. The van der Waals surface area contributed by atoms with Crippen molar-refractivity contribution in [2.24, 2.45) is 0 Å². The van der Waals surface area contributed by atoms with E-state index in [1.165, 1.54) is 7.11 Å². The number of methoxy groups -OCH3 is 1. The van der Waals surface area contributed by atoms with Gasteiger partial charge in [-0.05, 0) is 54.6 Å². The van der Waals surface area contributed by atoms with Gasteiger partial charge in [0.1, 0.15) is 5.82 Å². The Morgan fingerprint density at radius 2 is 1.56 bits per heavy atom. The molecule has 0 spiro atoms. The predicted octanol–water partition coefficient (Wildman–Crippen LogP) is 3.82. The number of nitrogens with zero attached hydrogens (tertiary/aromatic N) is 3. The molecule has 2 N–H and O–H groups in total. The molecule has 0 fully saturated rings. The van der Waals surface area contributed by atoms with Crippen LogP contribution in [0.25, 0.3) is 0 Å². The normalized spacial score (nSPS) is 10.2. The van der Waals surface area contributed by atoms with Gasteiger partial charge in [0.25, 0.3) is 0 Å². The molecule has 7 heteroatoms. The van der Waals surface area contributed by atoms with Gasteiger partial charge in [0.05, 0.1) is 12.7 Å². The van der Waals surface area contributed by atoms with E-state index in [2.05, 4.69) is 20.6 Å². The molecule has 0 aliphatic heterocycles. The van der Waals surface area contributed by atoms with Crippen LogP contribution in [-0.2, 0) is 4.74 Å². The maximum Gasteiger partial charge on any atom is 0.337 e. The van der Waals surface area contributed by atoms with Gasteiger partial charge in [0.15, 0.2) is 0 Å². The van der Waals surface area contributed by atoms with Crippen molar-refractivity contribution in [3.05, 3.63) is 66.4 Å². The summed E-state index contributed by atoms with van der Waals surface area (Å²) in [6, 6.07) is 16.7. The van der Waals surface area contributed by atoms with Gasteiger partial charge in [-0.2, -0.15) is 4.98 Å². The summed E-state index contributed by atoms with van der Waals surface area (Å²) < 4.78 is 4.70. The van der Waals surface area contributed by atoms with Crippen LogP contribution < -0.4 is 15.5 Å². The number of carbonyl (C=O) groups excluding carboxylic acids is 1. The lowest BCUT2D eigenvalue weighted by atomic mass is 10.2. The second-order valence-electron chi connectivity index (χ2n) is 6.03. The number of benzene rings is 2. The van der Waals surface area contributed by atoms with E-state index in [1.54, 1.807) is 36.5 Å². The first-order valence-corrected chi connectivity index (χ1v) is 8.38. The number of rotatable bonds is 6.